The lowest BCUT2D eigenvalue weighted by Gasteiger charge is -2.10. The monoisotopic (exact) mass is 209 g/mol. The number of amides is 1. The zero-order chi connectivity index (χ0) is 11.1. The first-order valence-corrected chi connectivity index (χ1v) is 5.33. The van der Waals surface area contributed by atoms with Crippen molar-refractivity contribution in [3.05, 3.63) is 24.0 Å². The first-order valence-electron chi connectivity index (χ1n) is 5.33. The minimum atomic E-state index is 0.0150. The van der Waals surface area contributed by atoms with E-state index in [-0.39, 0.29) is 11.8 Å². The standard InChI is InChI=1S/C11H19N3O/c1-9(2-5-12)11(15)14-7-4-10-3-6-13-8-10/h3,6,8-9,13H,2,4-5,7,12H2,1H3,(H,14,15). The molecule has 0 radical (unpaired) electrons. The molecule has 1 rings (SSSR count). The van der Waals surface area contributed by atoms with Crippen LogP contribution in [0.3, 0.4) is 0 Å². The van der Waals surface area contributed by atoms with Gasteiger partial charge >= 0.3 is 0 Å². The number of rotatable bonds is 6. The van der Waals surface area contributed by atoms with Crippen molar-refractivity contribution in [2.45, 2.75) is 19.8 Å². The van der Waals surface area contributed by atoms with E-state index >= 15 is 0 Å². The van der Waals surface area contributed by atoms with Crippen molar-refractivity contribution in [2.24, 2.45) is 11.7 Å². The van der Waals surface area contributed by atoms with Crippen molar-refractivity contribution in [1.29, 1.82) is 0 Å². The number of H-pyrrole nitrogens is 1. The SMILES string of the molecule is CC(CCN)C(=O)NCCc1cc[nH]c1. The summed E-state index contributed by atoms with van der Waals surface area (Å²) in [5.74, 6) is 0.109. The number of hydrogen-bond donors (Lipinski definition) is 3. The van der Waals surface area contributed by atoms with E-state index in [4.69, 9.17) is 5.73 Å². The van der Waals surface area contributed by atoms with Gasteiger partial charge in [0.1, 0.15) is 0 Å². The normalized spacial score (nSPS) is 12.4. The zero-order valence-electron chi connectivity index (χ0n) is 9.12. The molecule has 84 valence electrons. The first kappa shape index (κ1) is 11.8. The molecule has 4 heteroatoms. The molecule has 1 unspecified atom stereocenters. The third-order valence-electron chi connectivity index (χ3n) is 2.42. The molecule has 4 N–H and O–H groups in total. The summed E-state index contributed by atoms with van der Waals surface area (Å²) >= 11 is 0. The third kappa shape index (κ3) is 4.16. The molecule has 1 aromatic heterocycles. The summed E-state index contributed by atoms with van der Waals surface area (Å²) in [5, 5.41) is 2.90. The maximum Gasteiger partial charge on any atom is 0.222 e. The van der Waals surface area contributed by atoms with Crippen molar-refractivity contribution in [3.8, 4) is 0 Å². The minimum Gasteiger partial charge on any atom is -0.367 e. The molecule has 0 spiro atoms. The summed E-state index contributed by atoms with van der Waals surface area (Å²) in [4.78, 5) is 14.5. The molecule has 0 aliphatic rings. The Labute approximate surface area is 90.2 Å². The van der Waals surface area contributed by atoms with Gasteiger partial charge in [0.2, 0.25) is 5.91 Å². The van der Waals surface area contributed by atoms with Crippen LogP contribution in [0, 0.1) is 5.92 Å². The fourth-order valence-electron chi connectivity index (χ4n) is 1.40. The van der Waals surface area contributed by atoms with Crippen LogP contribution in [0.1, 0.15) is 18.9 Å². The van der Waals surface area contributed by atoms with Gasteiger partial charge in [-0.1, -0.05) is 6.92 Å². The molecule has 15 heavy (non-hydrogen) atoms. The summed E-state index contributed by atoms with van der Waals surface area (Å²) in [5.41, 5.74) is 6.60. The Bertz CT molecular complexity index is 282. The van der Waals surface area contributed by atoms with E-state index in [0.29, 0.717) is 13.1 Å². The van der Waals surface area contributed by atoms with E-state index in [9.17, 15) is 4.79 Å². The Balaban J connectivity index is 2.17. The van der Waals surface area contributed by atoms with E-state index in [1.54, 1.807) is 0 Å². The van der Waals surface area contributed by atoms with Crippen LogP contribution in [0.2, 0.25) is 0 Å². The van der Waals surface area contributed by atoms with Crippen molar-refractivity contribution in [2.75, 3.05) is 13.1 Å². The van der Waals surface area contributed by atoms with Crippen LogP contribution >= 0.6 is 0 Å². The fraction of sp³-hybridized carbons (Fsp3) is 0.545. The Kier molecular flexibility index (Phi) is 4.90. The van der Waals surface area contributed by atoms with Crippen LogP contribution in [0.25, 0.3) is 0 Å². The lowest BCUT2D eigenvalue weighted by atomic mass is 10.1. The zero-order valence-corrected chi connectivity index (χ0v) is 9.12. The number of carbonyl (C=O) groups is 1. The van der Waals surface area contributed by atoms with E-state index in [1.807, 2.05) is 25.4 Å². The lowest BCUT2D eigenvalue weighted by molar-refractivity contribution is -0.124. The van der Waals surface area contributed by atoms with Crippen LogP contribution in [0.4, 0.5) is 0 Å². The molecule has 0 aliphatic heterocycles. The maximum absolute atomic E-state index is 11.5. The molecule has 1 heterocycles. The van der Waals surface area contributed by atoms with Crippen LogP contribution < -0.4 is 11.1 Å². The van der Waals surface area contributed by atoms with Crippen molar-refractivity contribution in [3.63, 3.8) is 0 Å². The minimum absolute atomic E-state index is 0.0150. The highest BCUT2D eigenvalue weighted by Crippen LogP contribution is 2.00. The number of nitrogens with two attached hydrogens (primary N) is 1. The largest absolute Gasteiger partial charge is 0.367 e. The number of hydrogen-bond acceptors (Lipinski definition) is 2. The van der Waals surface area contributed by atoms with Gasteiger partial charge < -0.3 is 16.0 Å². The average molecular weight is 209 g/mol. The predicted molar refractivity (Wildman–Crippen MR) is 60.3 cm³/mol. The lowest BCUT2D eigenvalue weighted by Crippen LogP contribution is -2.31. The van der Waals surface area contributed by atoms with Gasteiger partial charge in [-0.2, -0.15) is 0 Å². The highest BCUT2D eigenvalue weighted by molar-refractivity contribution is 5.78. The topological polar surface area (TPSA) is 70.9 Å². The van der Waals surface area contributed by atoms with Crippen molar-refractivity contribution in [1.82, 2.24) is 10.3 Å². The molecular formula is C11H19N3O. The summed E-state index contributed by atoms with van der Waals surface area (Å²) in [6.07, 6.45) is 5.43. The van der Waals surface area contributed by atoms with Gasteiger partial charge in [-0.3, -0.25) is 4.79 Å². The van der Waals surface area contributed by atoms with Gasteiger partial charge in [0.05, 0.1) is 0 Å². The van der Waals surface area contributed by atoms with Gasteiger partial charge in [0.25, 0.3) is 0 Å². The van der Waals surface area contributed by atoms with Crippen LogP contribution in [-0.4, -0.2) is 24.0 Å². The van der Waals surface area contributed by atoms with E-state index < -0.39 is 0 Å². The quantitative estimate of drug-likeness (QED) is 0.644. The molecule has 0 aromatic carbocycles. The number of aromatic nitrogens is 1. The fourth-order valence-corrected chi connectivity index (χ4v) is 1.40. The molecule has 1 aromatic rings. The highest BCUT2D eigenvalue weighted by Gasteiger charge is 2.10. The molecule has 0 fully saturated rings. The van der Waals surface area contributed by atoms with Crippen molar-refractivity contribution < 1.29 is 4.79 Å². The summed E-state index contributed by atoms with van der Waals surface area (Å²) in [6, 6.07) is 2.01. The van der Waals surface area contributed by atoms with Gasteiger partial charge in [0, 0.05) is 24.9 Å². The predicted octanol–water partition coefficient (Wildman–Crippen LogP) is 0.658. The molecular weight excluding hydrogens is 190 g/mol. The number of carbonyl (C=O) groups excluding carboxylic acids is 1. The Hall–Kier alpha value is -1.29. The molecule has 1 atom stereocenters. The van der Waals surface area contributed by atoms with Gasteiger partial charge in [-0.15, -0.1) is 0 Å². The van der Waals surface area contributed by atoms with E-state index in [0.717, 1.165) is 12.8 Å². The molecule has 4 nitrogen and oxygen atoms in total. The Morgan fingerprint density at radius 2 is 2.47 bits per heavy atom. The molecule has 0 aliphatic carbocycles. The summed E-state index contributed by atoms with van der Waals surface area (Å²) in [7, 11) is 0. The van der Waals surface area contributed by atoms with Crippen LogP contribution in [0.15, 0.2) is 18.5 Å². The Morgan fingerprint density at radius 3 is 3.07 bits per heavy atom. The molecule has 1 amide bonds. The summed E-state index contributed by atoms with van der Waals surface area (Å²) < 4.78 is 0. The highest BCUT2D eigenvalue weighted by atomic mass is 16.1. The smallest absolute Gasteiger partial charge is 0.222 e. The maximum atomic E-state index is 11.5. The second kappa shape index (κ2) is 6.24. The second-order valence-corrected chi connectivity index (χ2v) is 3.74. The Morgan fingerprint density at radius 1 is 1.67 bits per heavy atom. The van der Waals surface area contributed by atoms with E-state index in [2.05, 4.69) is 10.3 Å². The van der Waals surface area contributed by atoms with Crippen LogP contribution in [0.5, 0.6) is 0 Å². The van der Waals surface area contributed by atoms with Crippen LogP contribution in [-0.2, 0) is 11.2 Å². The van der Waals surface area contributed by atoms with Crippen molar-refractivity contribution >= 4 is 5.91 Å². The van der Waals surface area contributed by atoms with Gasteiger partial charge in [-0.25, -0.2) is 0 Å². The van der Waals surface area contributed by atoms with E-state index in [1.165, 1.54) is 5.56 Å². The van der Waals surface area contributed by atoms with Gasteiger partial charge in [0.15, 0.2) is 0 Å². The van der Waals surface area contributed by atoms with Gasteiger partial charge in [-0.05, 0) is 31.0 Å². The summed E-state index contributed by atoms with van der Waals surface area (Å²) in [6.45, 7) is 3.15. The number of aromatic amines is 1. The molecule has 0 bridgehead atoms. The third-order valence-corrected chi connectivity index (χ3v) is 2.42. The average Bonchev–Trinajstić information content (AvgIpc) is 2.71. The first-order chi connectivity index (χ1) is 7.24. The second-order valence-electron chi connectivity index (χ2n) is 3.74. The molecule has 0 saturated carbocycles. The number of nitrogens with one attached hydrogen (secondary N) is 2. The molecule has 0 saturated heterocycles.